The molecule has 4 N–H and O–H groups in total. The summed E-state index contributed by atoms with van der Waals surface area (Å²) in [7, 11) is 1.30. The third-order valence-corrected chi connectivity index (χ3v) is 2.89. The average Bonchev–Trinajstić information content (AvgIpc) is 2.49. The zero-order chi connectivity index (χ0) is 15.0. The van der Waals surface area contributed by atoms with Crippen LogP contribution in [0.3, 0.4) is 0 Å². The lowest BCUT2D eigenvalue weighted by Crippen LogP contribution is -2.33. The molecule has 0 radical (unpaired) electrons. The van der Waals surface area contributed by atoms with Crippen LogP contribution < -0.4 is 10.5 Å². The Balaban J connectivity index is 2.50. The third kappa shape index (κ3) is 5.16. The summed E-state index contributed by atoms with van der Waals surface area (Å²) < 4.78 is 10.00. The minimum absolute atomic E-state index is 0.122. The summed E-state index contributed by atoms with van der Waals surface area (Å²) in [5, 5.41) is 17.8. The summed E-state index contributed by atoms with van der Waals surface area (Å²) in [6, 6.07) is 6.45. The van der Waals surface area contributed by atoms with Crippen molar-refractivity contribution >= 4 is 5.97 Å². The molecule has 0 heterocycles. The highest BCUT2D eigenvalue weighted by atomic mass is 16.5. The maximum Gasteiger partial charge on any atom is 0.322 e. The number of hydrogen-bond donors (Lipinski definition) is 3. The number of nitrogens with two attached hydrogens (primary N) is 1. The number of esters is 1. The zero-order valence-electron chi connectivity index (χ0n) is 11.5. The van der Waals surface area contributed by atoms with E-state index in [0.29, 0.717) is 12.2 Å². The van der Waals surface area contributed by atoms with Crippen molar-refractivity contribution < 1.29 is 24.5 Å². The highest BCUT2D eigenvalue weighted by Gasteiger charge is 2.14. The van der Waals surface area contributed by atoms with E-state index < -0.39 is 12.0 Å². The number of carbonyl (C=O) groups is 1. The van der Waals surface area contributed by atoms with Gasteiger partial charge in [0.05, 0.1) is 26.9 Å². The van der Waals surface area contributed by atoms with Gasteiger partial charge >= 0.3 is 5.97 Å². The Morgan fingerprint density at radius 3 is 2.35 bits per heavy atom. The SMILES string of the molecule is COC(=O)[C@@H](N)Cc1ccc(OCC(CO)CO)cc1. The Bertz CT molecular complexity index is 403. The molecule has 1 atom stereocenters. The number of methoxy groups -OCH3 is 1. The lowest BCUT2D eigenvalue weighted by molar-refractivity contribution is -0.142. The molecule has 6 nitrogen and oxygen atoms in total. The maximum absolute atomic E-state index is 11.2. The Morgan fingerprint density at radius 2 is 1.85 bits per heavy atom. The molecule has 1 aromatic carbocycles. The van der Waals surface area contributed by atoms with Crippen molar-refractivity contribution in [1.82, 2.24) is 0 Å². The van der Waals surface area contributed by atoms with Crippen LogP contribution in [0.15, 0.2) is 24.3 Å². The summed E-state index contributed by atoms with van der Waals surface area (Å²) in [4.78, 5) is 11.2. The van der Waals surface area contributed by atoms with E-state index in [1.807, 2.05) is 12.1 Å². The number of carbonyl (C=O) groups excluding carboxylic acids is 1. The largest absolute Gasteiger partial charge is 0.493 e. The molecule has 20 heavy (non-hydrogen) atoms. The predicted molar refractivity (Wildman–Crippen MR) is 73.3 cm³/mol. The first-order valence-electron chi connectivity index (χ1n) is 6.37. The number of benzene rings is 1. The van der Waals surface area contributed by atoms with Crippen LogP contribution in [0.2, 0.25) is 0 Å². The van der Waals surface area contributed by atoms with Crippen LogP contribution in [0, 0.1) is 5.92 Å². The van der Waals surface area contributed by atoms with Crippen molar-refractivity contribution in [3.63, 3.8) is 0 Å². The minimum atomic E-state index is -0.681. The maximum atomic E-state index is 11.2. The van der Waals surface area contributed by atoms with Gasteiger partial charge in [0.2, 0.25) is 0 Å². The molecule has 0 amide bonds. The number of ether oxygens (including phenoxy) is 2. The lowest BCUT2D eigenvalue weighted by atomic mass is 10.1. The van der Waals surface area contributed by atoms with Crippen molar-refractivity contribution in [2.75, 3.05) is 26.9 Å². The van der Waals surface area contributed by atoms with Crippen LogP contribution in [-0.4, -0.2) is 49.2 Å². The summed E-state index contributed by atoms with van der Waals surface area (Å²) in [5.74, 6) is -0.103. The molecule has 1 rings (SSSR count). The van der Waals surface area contributed by atoms with Gasteiger partial charge in [-0.3, -0.25) is 4.79 Å². The Kier molecular flexibility index (Phi) is 7.00. The molecule has 1 aromatic rings. The first kappa shape index (κ1) is 16.4. The molecule has 0 aliphatic rings. The van der Waals surface area contributed by atoms with Crippen LogP contribution >= 0.6 is 0 Å². The molecule has 0 aliphatic heterocycles. The molecule has 0 aliphatic carbocycles. The van der Waals surface area contributed by atoms with Gasteiger partial charge in [-0.25, -0.2) is 0 Å². The van der Waals surface area contributed by atoms with Gasteiger partial charge in [-0.2, -0.15) is 0 Å². The van der Waals surface area contributed by atoms with Crippen molar-refractivity contribution in [3.8, 4) is 5.75 Å². The van der Waals surface area contributed by atoms with Crippen LogP contribution in [-0.2, 0) is 16.0 Å². The second kappa shape index (κ2) is 8.52. The smallest absolute Gasteiger partial charge is 0.322 e. The number of aliphatic hydroxyl groups excluding tert-OH is 2. The standard InChI is InChI=1S/C14H21NO5/c1-19-14(18)13(15)6-10-2-4-12(5-3-10)20-9-11(7-16)8-17/h2-5,11,13,16-17H,6-9,15H2,1H3/t13-/m0/s1. The van der Waals surface area contributed by atoms with Gasteiger partial charge in [0, 0.05) is 5.92 Å². The number of hydrogen-bond acceptors (Lipinski definition) is 6. The Morgan fingerprint density at radius 1 is 1.25 bits per heavy atom. The molecule has 0 aromatic heterocycles. The van der Waals surface area contributed by atoms with Crippen LogP contribution in [0.4, 0.5) is 0 Å². The van der Waals surface area contributed by atoms with Crippen molar-refractivity contribution in [1.29, 1.82) is 0 Å². The van der Waals surface area contributed by atoms with E-state index in [4.69, 9.17) is 20.7 Å². The molecule has 0 bridgehead atoms. The molecule has 0 spiro atoms. The summed E-state index contributed by atoms with van der Waals surface area (Å²) in [5.41, 5.74) is 6.57. The van der Waals surface area contributed by atoms with Crippen molar-refractivity contribution in [2.24, 2.45) is 11.7 Å². The van der Waals surface area contributed by atoms with Crippen LogP contribution in [0.1, 0.15) is 5.56 Å². The van der Waals surface area contributed by atoms with Gasteiger partial charge in [-0.1, -0.05) is 12.1 Å². The van der Waals surface area contributed by atoms with E-state index in [1.165, 1.54) is 7.11 Å². The van der Waals surface area contributed by atoms with Crippen molar-refractivity contribution in [3.05, 3.63) is 29.8 Å². The monoisotopic (exact) mass is 283 g/mol. The summed E-state index contributed by atoms with van der Waals surface area (Å²) in [6.07, 6.45) is 0.392. The average molecular weight is 283 g/mol. The van der Waals surface area contributed by atoms with E-state index in [1.54, 1.807) is 12.1 Å². The second-order valence-electron chi connectivity index (χ2n) is 4.52. The third-order valence-electron chi connectivity index (χ3n) is 2.89. The highest BCUT2D eigenvalue weighted by Crippen LogP contribution is 2.14. The van der Waals surface area contributed by atoms with Gasteiger partial charge in [-0.05, 0) is 24.1 Å². The first-order valence-corrected chi connectivity index (χ1v) is 6.37. The highest BCUT2D eigenvalue weighted by molar-refractivity contribution is 5.75. The van der Waals surface area contributed by atoms with E-state index in [2.05, 4.69) is 4.74 Å². The molecule has 0 unspecified atom stereocenters. The molecule has 0 saturated heterocycles. The molecule has 112 valence electrons. The molecule has 0 saturated carbocycles. The first-order chi connectivity index (χ1) is 9.60. The number of rotatable bonds is 8. The quantitative estimate of drug-likeness (QED) is 0.567. The van der Waals surface area contributed by atoms with Gasteiger partial charge < -0.3 is 25.4 Å². The second-order valence-corrected chi connectivity index (χ2v) is 4.52. The van der Waals surface area contributed by atoms with Gasteiger partial charge in [0.15, 0.2) is 0 Å². The van der Waals surface area contributed by atoms with E-state index >= 15 is 0 Å². The normalized spacial score (nSPS) is 12.2. The van der Waals surface area contributed by atoms with Crippen molar-refractivity contribution in [2.45, 2.75) is 12.5 Å². The molecular weight excluding hydrogens is 262 g/mol. The van der Waals surface area contributed by atoms with E-state index in [0.717, 1.165) is 5.56 Å². The summed E-state index contributed by atoms with van der Waals surface area (Å²) >= 11 is 0. The zero-order valence-corrected chi connectivity index (χ0v) is 11.5. The molecular formula is C14H21NO5. The van der Waals surface area contributed by atoms with Gasteiger partial charge in [0.1, 0.15) is 11.8 Å². The topological polar surface area (TPSA) is 102 Å². The predicted octanol–water partition coefficient (Wildman–Crippen LogP) is -0.291. The van der Waals surface area contributed by atoms with Gasteiger partial charge in [0.25, 0.3) is 0 Å². The Hall–Kier alpha value is -1.63. The fourth-order valence-electron chi connectivity index (χ4n) is 1.59. The van der Waals surface area contributed by atoms with Gasteiger partial charge in [-0.15, -0.1) is 0 Å². The Labute approximate surface area is 118 Å². The minimum Gasteiger partial charge on any atom is -0.493 e. The number of aliphatic hydroxyl groups is 2. The van der Waals surface area contributed by atoms with E-state index in [-0.39, 0.29) is 25.7 Å². The fourth-order valence-corrected chi connectivity index (χ4v) is 1.59. The summed E-state index contributed by atoms with van der Waals surface area (Å²) in [6.45, 7) is -0.000839. The van der Waals surface area contributed by atoms with E-state index in [9.17, 15) is 4.79 Å². The molecule has 0 fully saturated rings. The van der Waals surface area contributed by atoms with Crippen LogP contribution in [0.25, 0.3) is 0 Å². The molecule has 6 heteroatoms. The fraction of sp³-hybridized carbons (Fsp3) is 0.500. The lowest BCUT2D eigenvalue weighted by Gasteiger charge is -2.13. The van der Waals surface area contributed by atoms with Crippen LogP contribution in [0.5, 0.6) is 5.75 Å².